The second-order valence-electron chi connectivity index (χ2n) is 5.58. The van der Waals surface area contributed by atoms with Gasteiger partial charge >= 0.3 is 0 Å². The Morgan fingerprint density at radius 3 is 2.95 bits per heavy atom. The number of aliphatic hydroxyl groups is 1. The Morgan fingerprint density at radius 1 is 1.45 bits per heavy atom. The molecule has 1 saturated heterocycles. The molecule has 0 spiro atoms. The number of aliphatic hydroxyl groups excluding tert-OH is 1. The van der Waals surface area contributed by atoms with Gasteiger partial charge in [-0.2, -0.15) is 4.98 Å². The third-order valence-corrected chi connectivity index (χ3v) is 3.62. The highest BCUT2D eigenvalue weighted by atomic mass is 16.5. The summed E-state index contributed by atoms with van der Waals surface area (Å²) in [6, 6.07) is 0. The first-order valence-corrected chi connectivity index (χ1v) is 7.08. The maximum absolute atomic E-state index is 9.60. The molecular formula is C13H21N3O4. The molecule has 0 aromatic carbocycles. The van der Waals surface area contributed by atoms with Crippen LogP contribution >= 0.6 is 0 Å². The second-order valence-corrected chi connectivity index (χ2v) is 5.58. The molecule has 7 heteroatoms. The Labute approximate surface area is 117 Å². The monoisotopic (exact) mass is 283 g/mol. The van der Waals surface area contributed by atoms with Crippen LogP contribution < -0.4 is 0 Å². The standard InChI is InChI=1S/C13H21N3O4/c1-18-7-10(17)4-16-5-11(6-16)19-8-12-14-13(15-20-12)9-2-3-9/h9-11,17H,2-8H2,1H3/t10-/m0/s1. The number of rotatable bonds is 8. The van der Waals surface area contributed by atoms with E-state index in [9.17, 15) is 5.11 Å². The SMILES string of the molecule is COC[C@@H](O)CN1CC(OCc2nc(C3CC3)no2)C1. The lowest BCUT2D eigenvalue weighted by atomic mass is 10.1. The van der Waals surface area contributed by atoms with Gasteiger partial charge in [-0.25, -0.2) is 0 Å². The van der Waals surface area contributed by atoms with Crippen LogP contribution in [0.25, 0.3) is 0 Å². The van der Waals surface area contributed by atoms with Crippen LogP contribution in [0.5, 0.6) is 0 Å². The Morgan fingerprint density at radius 2 is 2.25 bits per heavy atom. The van der Waals surface area contributed by atoms with E-state index < -0.39 is 6.10 Å². The van der Waals surface area contributed by atoms with Gasteiger partial charge in [-0.15, -0.1) is 0 Å². The summed E-state index contributed by atoms with van der Waals surface area (Å²) >= 11 is 0. The number of hydrogen-bond donors (Lipinski definition) is 1. The fraction of sp³-hybridized carbons (Fsp3) is 0.846. The van der Waals surface area contributed by atoms with Crippen molar-refractivity contribution in [3.8, 4) is 0 Å². The van der Waals surface area contributed by atoms with E-state index in [0.29, 0.717) is 31.6 Å². The van der Waals surface area contributed by atoms with Crippen molar-refractivity contribution < 1.29 is 19.1 Å². The Bertz CT molecular complexity index is 429. The predicted octanol–water partition coefficient (Wildman–Crippen LogP) is 0.155. The third-order valence-electron chi connectivity index (χ3n) is 3.62. The van der Waals surface area contributed by atoms with Gasteiger partial charge in [-0.05, 0) is 12.8 Å². The fourth-order valence-electron chi connectivity index (χ4n) is 2.34. The normalized spacial score (nSPS) is 21.9. The van der Waals surface area contributed by atoms with Gasteiger partial charge in [0.05, 0.1) is 18.8 Å². The number of nitrogens with zero attached hydrogens (tertiary/aromatic N) is 3. The molecule has 0 unspecified atom stereocenters. The van der Waals surface area contributed by atoms with E-state index in [0.717, 1.165) is 18.9 Å². The molecule has 1 atom stereocenters. The smallest absolute Gasteiger partial charge is 0.252 e. The first-order valence-electron chi connectivity index (χ1n) is 7.08. The summed E-state index contributed by atoms with van der Waals surface area (Å²) in [6.07, 6.45) is 2.08. The highest BCUT2D eigenvalue weighted by molar-refractivity contribution is 5.03. The van der Waals surface area contributed by atoms with E-state index >= 15 is 0 Å². The van der Waals surface area contributed by atoms with Gasteiger partial charge in [0.1, 0.15) is 6.61 Å². The predicted molar refractivity (Wildman–Crippen MR) is 69.2 cm³/mol. The Hall–Kier alpha value is -1.02. The van der Waals surface area contributed by atoms with Crippen molar-refractivity contribution in [2.45, 2.75) is 37.6 Å². The van der Waals surface area contributed by atoms with Crippen molar-refractivity contribution in [3.63, 3.8) is 0 Å². The summed E-state index contributed by atoms with van der Waals surface area (Å²) in [6.45, 7) is 3.02. The van der Waals surface area contributed by atoms with Crippen molar-refractivity contribution in [1.82, 2.24) is 15.0 Å². The van der Waals surface area contributed by atoms with E-state index in [-0.39, 0.29) is 6.10 Å². The van der Waals surface area contributed by atoms with Crippen molar-refractivity contribution >= 4 is 0 Å². The minimum absolute atomic E-state index is 0.181. The molecule has 2 aliphatic rings. The van der Waals surface area contributed by atoms with E-state index in [2.05, 4.69) is 15.0 Å². The lowest BCUT2D eigenvalue weighted by Gasteiger charge is -2.39. The largest absolute Gasteiger partial charge is 0.389 e. The third kappa shape index (κ3) is 3.54. The van der Waals surface area contributed by atoms with Crippen LogP contribution in [0.4, 0.5) is 0 Å². The van der Waals surface area contributed by atoms with Crippen molar-refractivity contribution in [3.05, 3.63) is 11.7 Å². The number of β-amino-alcohol motifs (C(OH)–C–C–N with tert-alkyl or cyclic N) is 1. The molecule has 2 fully saturated rings. The molecule has 0 radical (unpaired) electrons. The van der Waals surface area contributed by atoms with Gasteiger partial charge in [0.15, 0.2) is 5.82 Å². The molecule has 1 N–H and O–H groups in total. The van der Waals surface area contributed by atoms with Crippen LogP contribution in [0.1, 0.15) is 30.5 Å². The zero-order valence-electron chi connectivity index (χ0n) is 11.7. The van der Waals surface area contributed by atoms with Gasteiger partial charge < -0.3 is 19.1 Å². The summed E-state index contributed by atoms with van der Waals surface area (Å²) < 4.78 is 15.7. The van der Waals surface area contributed by atoms with Crippen molar-refractivity contribution in [1.29, 1.82) is 0 Å². The van der Waals surface area contributed by atoms with Crippen molar-refractivity contribution in [2.24, 2.45) is 0 Å². The van der Waals surface area contributed by atoms with Gasteiger partial charge in [0, 0.05) is 32.7 Å². The Kier molecular flexibility index (Phi) is 4.30. The van der Waals surface area contributed by atoms with Crippen LogP contribution in [0.15, 0.2) is 4.52 Å². The molecule has 2 heterocycles. The van der Waals surface area contributed by atoms with Crippen LogP contribution in [0.2, 0.25) is 0 Å². The minimum Gasteiger partial charge on any atom is -0.389 e. The molecule has 20 heavy (non-hydrogen) atoms. The average molecular weight is 283 g/mol. The van der Waals surface area contributed by atoms with Gasteiger partial charge in [0.2, 0.25) is 0 Å². The number of methoxy groups -OCH3 is 1. The lowest BCUT2D eigenvalue weighted by Crippen LogP contribution is -2.54. The molecule has 1 saturated carbocycles. The number of aromatic nitrogens is 2. The molecule has 1 aromatic heterocycles. The quantitative estimate of drug-likeness (QED) is 0.727. The van der Waals surface area contributed by atoms with Gasteiger partial charge in [0.25, 0.3) is 5.89 Å². The maximum Gasteiger partial charge on any atom is 0.252 e. The fourth-order valence-corrected chi connectivity index (χ4v) is 2.34. The molecule has 0 amide bonds. The highest BCUT2D eigenvalue weighted by Gasteiger charge is 2.31. The summed E-state index contributed by atoms with van der Waals surface area (Å²) in [4.78, 5) is 6.46. The number of likely N-dealkylation sites (tertiary alicyclic amines) is 1. The lowest BCUT2D eigenvalue weighted by molar-refractivity contribution is -0.0845. The first-order chi connectivity index (χ1) is 9.74. The number of ether oxygens (including phenoxy) is 2. The molecule has 7 nitrogen and oxygen atoms in total. The summed E-state index contributed by atoms with van der Waals surface area (Å²) in [7, 11) is 1.59. The second kappa shape index (κ2) is 6.17. The van der Waals surface area contributed by atoms with Crippen LogP contribution in [-0.2, 0) is 16.1 Å². The van der Waals surface area contributed by atoms with Crippen LogP contribution in [0.3, 0.4) is 0 Å². The molecule has 1 aliphatic carbocycles. The molecule has 1 aliphatic heterocycles. The molecular weight excluding hydrogens is 262 g/mol. The summed E-state index contributed by atoms with van der Waals surface area (Å²) in [5.41, 5.74) is 0. The van der Waals surface area contributed by atoms with E-state index in [1.165, 1.54) is 12.8 Å². The van der Waals surface area contributed by atoms with Crippen LogP contribution in [-0.4, -0.2) is 65.7 Å². The molecule has 0 bridgehead atoms. The summed E-state index contributed by atoms with van der Waals surface area (Å²) in [5, 5.41) is 13.5. The van der Waals surface area contributed by atoms with E-state index in [1.54, 1.807) is 7.11 Å². The molecule has 1 aromatic rings. The zero-order chi connectivity index (χ0) is 13.9. The Balaban J connectivity index is 1.32. The van der Waals surface area contributed by atoms with Gasteiger partial charge in [-0.3, -0.25) is 4.90 Å². The first kappa shape index (κ1) is 13.9. The molecule has 3 rings (SSSR count). The van der Waals surface area contributed by atoms with Crippen molar-refractivity contribution in [2.75, 3.05) is 33.4 Å². The van der Waals surface area contributed by atoms with E-state index in [1.807, 2.05) is 0 Å². The summed E-state index contributed by atoms with van der Waals surface area (Å²) in [5.74, 6) is 1.89. The topological polar surface area (TPSA) is 80.9 Å². The minimum atomic E-state index is -0.432. The van der Waals surface area contributed by atoms with Crippen LogP contribution in [0, 0.1) is 0 Å². The average Bonchev–Trinajstić information content (AvgIpc) is 3.12. The molecule has 112 valence electrons. The maximum atomic E-state index is 9.60. The van der Waals surface area contributed by atoms with Gasteiger partial charge in [-0.1, -0.05) is 5.16 Å². The van der Waals surface area contributed by atoms with E-state index in [4.69, 9.17) is 14.0 Å². The zero-order valence-corrected chi connectivity index (χ0v) is 11.7. The highest BCUT2D eigenvalue weighted by Crippen LogP contribution is 2.38. The number of hydrogen-bond acceptors (Lipinski definition) is 7.